The Labute approximate surface area is 169 Å². The Bertz CT molecular complexity index is 1030. The Balaban J connectivity index is 1.54. The van der Waals surface area contributed by atoms with Gasteiger partial charge in [-0.15, -0.1) is 0 Å². The number of carbonyl (C=O) groups is 3. The summed E-state index contributed by atoms with van der Waals surface area (Å²) in [5, 5.41) is 5.98. The molecule has 2 fully saturated rings. The van der Waals surface area contributed by atoms with Crippen molar-refractivity contribution < 1.29 is 14.4 Å². The fourth-order valence-corrected chi connectivity index (χ4v) is 5.43. The lowest BCUT2D eigenvalue weighted by Crippen LogP contribution is -2.53. The monoisotopic (exact) mass is 389 g/mol. The first kappa shape index (κ1) is 18.1. The molecule has 0 saturated carbocycles. The minimum absolute atomic E-state index is 0.0526. The maximum atomic E-state index is 13.4. The molecule has 1 spiro atoms. The van der Waals surface area contributed by atoms with Gasteiger partial charge in [0.15, 0.2) is 5.78 Å². The molecule has 2 aromatic rings. The number of amides is 2. The maximum Gasteiger partial charge on any atom is 0.250 e. The zero-order valence-corrected chi connectivity index (χ0v) is 16.3. The molecule has 0 radical (unpaired) electrons. The number of carbonyl (C=O) groups excluding carboxylic acids is 3. The van der Waals surface area contributed by atoms with Crippen molar-refractivity contribution in [3.05, 3.63) is 59.7 Å². The van der Waals surface area contributed by atoms with Crippen LogP contribution < -0.4 is 10.6 Å². The van der Waals surface area contributed by atoms with Crippen molar-refractivity contribution in [2.75, 3.05) is 17.2 Å². The number of hydrogen-bond donors (Lipinski definition) is 2. The van der Waals surface area contributed by atoms with Crippen LogP contribution in [0.1, 0.15) is 42.1 Å². The minimum Gasteiger partial charge on any atom is -0.326 e. The highest BCUT2D eigenvalue weighted by Gasteiger charge is 2.65. The summed E-state index contributed by atoms with van der Waals surface area (Å²) in [7, 11) is 0. The van der Waals surface area contributed by atoms with Gasteiger partial charge in [-0.25, -0.2) is 0 Å². The summed E-state index contributed by atoms with van der Waals surface area (Å²) in [6.45, 7) is 2.32. The van der Waals surface area contributed by atoms with E-state index in [1.165, 1.54) is 6.92 Å². The highest BCUT2D eigenvalue weighted by Crippen LogP contribution is 2.55. The summed E-state index contributed by atoms with van der Waals surface area (Å²) in [6, 6.07) is 14.9. The molecule has 29 heavy (non-hydrogen) atoms. The Morgan fingerprint density at radius 1 is 1.17 bits per heavy atom. The van der Waals surface area contributed by atoms with Crippen molar-refractivity contribution >= 4 is 29.0 Å². The van der Waals surface area contributed by atoms with Gasteiger partial charge < -0.3 is 10.6 Å². The van der Waals surface area contributed by atoms with Gasteiger partial charge in [-0.1, -0.05) is 30.3 Å². The van der Waals surface area contributed by atoms with Gasteiger partial charge in [0, 0.05) is 28.5 Å². The number of rotatable bonds is 3. The van der Waals surface area contributed by atoms with Crippen LogP contribution >= 0.6 is 0 Å². The van der Waals surface area contributed by atoms with E-state index in [1.54, 1.807) is 24.3 Å². The molecule has 6 nitrogen and oxygen atoms in total. The molecule has 2 amide bonds. The van der Waals surface area contributed by atoms with Crippen LogP contribution in [0.4, 0.5) is 11.4 Å². The van der Waals surface area contributed by atoms with Crippen LogP contribution in [0.3, 0.4) is 0 Å². The molecule has 6 heteroatoms. The number of anilines is 2. The van der Waals surface area contributed by atoms with E-state index in [9.17, 15) is 14.4 Å². The summed E-state index contributed by atoms with van der Waals surface area (Å²) in [5.74, 6) is -0.826. The van der Waals surface area contributed by atoms with Crippen LogP contribution in [0.25, 0.3) is 0 Å². The minimum atomic E-state index is -0.958. The number of para-hydroxylation sites is 1. The van der Waals surface area contributed by atoms with E-state index in [-0.39, 0.29) is 23.6 Å². The molecule has 3 atom stereocenters. The fourth-order valence-electron chi connectivity index (χ4n) is 5.43. The van der Waals surface area contributed by atoms with Crippen molar-refractivity contribution in [1.29, 1.82) is 0 Å². The zero-order chi connectivity index (χ0) is 20.2. The quantitative estimate of drug-likeness (QED) is 0.791. The Kier molecular flexibility index (Phi) is 4.06. The molecule has 5 rings (SSSR count). The highest BCUT2D eigenvalue weighted by molar-refractivity contribution is 6.10. The molecule has 0 aromatic heterocycles. The smallest absolute Gasteiger partial charge is 0.250 e. The standard InChI is InChI=1S/C23H23N3O3/c1-14(27)15-6-4-7-16(12-15)24-21(28)19-13-17-8-5-11-26(17)23(19)18-9-2-3-10-20(18)25-22(23)29/h2-4,6-7,9-10,12,17,19H,5,8,11,13H2,1H3,(H,24,28)(H,25,29)/t17-,19-,23+/m0/s1. The lowest BCUT2D eigenvalue weighted by atomic mass is 9.78. The highest BCUT2D eigenvalue weighted by atomic mass is 16.2. The Hall–Kier alpha value is -2.99. The van der Waals surface area contributed by atoms with Gasteiger partial charge in [0.25, 0.3) is 0 Å². The lowest BCUT2D eigenvalue weighted by Gasteiger charge is -2.36. The summed E-state index contributed by atoms with van der Waals surface area (Å²) in [4.78, 5) is 40.7. The number of benzene rings is 2. The SMILES string of the molecule is CC(=O)c1cccc(NC(=O)[C@@H]2C[C@@H]3CCCN3[C@@]23C(=O)Nc2ccccc23)c1. The summed E-state index contributed by atoms with van der Waals surface area (Å²) in [6.07, 6.45) is 2.69. The first-order valence-corrected chi connectivity index (χ1v) is 10.1. The van der Waals surface area contributed by atoms with E-state index in [1.807, 2.05) is 24.3 Å². The number of hydrogen-bond acceptors (Lipinski definition) is 4. The molecule has 2 saturated heterocycles. The van der Waals surface area contributed by atoms with Gasteiger partial charge in [-0.3, -0.25) is 19.3 Å². The van der Waals surface area contributed by atoms with Crippen molar-refractivity contribution in [2.45, 2.75) is 37.8 Å². The molecule has 3 heterocycles. The van der Waals surface area contributed by atoms with Crippen LogP contribution in [0.2, 0.25) is 0 Å². The number of nitrogens with zero attached hydrogens (tertiary/aromatic N) is 1. The molecule has 0 unspecified atom stereocenters. The second-order valence-electron chi connectivity index (χ2n) is 8.17. The molecule has 0 bridgehead atoms. The van der Waals surface area contributed by atoms with Gasteiger partial charge in [0.2, 0.25) is 11.8 Å². The molecule has 2 aromatic carbocycles. The number of nitrogens with one attached hydrogen (secondary N) is 2. The topological polar surface area (TPSA) is 78.5 Å². The van der Waals surface area contributed by atoms with Gasteiger partial charge in [-0.2, -0.15) is 0 Å². The zero-order valence-electron chi connectivity index (χ0n) is 16.3. The van der Waals surface area contributed by atoms with E-state index in [0.29, 0.717) is 17.7 Å². The third-order valence-corrected chi connectivity index (χ3v) is 6.63. The number of Topliss-reactive ketones (excluding diaryl/α,β-unsaturated/α-hetero) is 1. The first-order valence-electron chi connectivity index (χ1n) is 10.1. The van der Waals surface area contributed by atoms with Gasteiger partial charge in [0.05, 0.1) is 5.92 Å². The molecular formula is C23H23N3O3. The normalized spacial score (nSPS) is 27.6. The molecule has 3 aliphatic rings. The Morgan fingerprint density at radius 3 is 2.83 bits per heavy atom. The van der Waals surface area contributed by atoms with Crippen LogP contribution in [-0.2, 0) is 15.1 Å². The van der Waals surface area contributed by atoms with E-state index >= 15 is 0 Å². The number of ketones is 1. The fraction of sp³-hybridized carbons (Fsp3) is 0.348. The van der Waals surface area contributed by atoms with Crippen LogP contribution in [0, 0.1) is 5.92 Å². The summed E-state index contributed by atoms with van der Waals surface area (Å²) >= 11 is 0. The average Bonchev–Trinajstić information content (AvgIpc) is 3.36. The van der Waals surface area contributed by atoms with Crippen LogP contribution in [-0.4, -0.2) is 35.1 Å². The van der Waals surface area contributed by atoms with Crippen molar-refractivity contribution in [3.8, 4) is 0 Å². The van der Waals surface area contributed by atoms with Crippen LogP contribution in [0.15, 0.2) is 48.5 Å². The number of fused-ring (bicyclic) bond motifs is 4. The van der Waals surface area contributed by atoms with E-state index in [2.05, 4.69) is 15.5 Å². The summed E-state index contributed by atoms with van der Waals surface area (Å²) < 4.78 is 0. The van der Waals surface area contributed by atoms with E-state index in [0.717, 1.165) is 30.6 Å². The van der Waals surface area contributed by atoms with Crippen molar-refractivity contribution in [2.24, 2.45) is 5.92 Å². The second-order valence-corrected chi connectivity index (χ2v) is 8.17. The maximum absolute atomic E-state index is 13.4. The van der Waals surface area contributed by atoms with E-state index in [4.69, 9.17) is 0 Å². The van der Waals surface area contributed by atoms with E-state index < -0.39 is 11.5 Å². The summed E-state index contributed by atoms with van der Waals surface area (Å²) in [5.41, 5.74) is 1.86. The van der Waals surface area contributed by atoms with Gasteiger partial charge in [-0.05, 0) is 50.9 Å². The molecule has 2 N–H and O–H groups in total. The largest absolute Gasteiger partial charge is 0.326 e. The average molecular weight is 389 g/mol. The second kappa shape index (κ2) is 6.52. The molecule has 148 valence electrons. The molecular weight excluding hydrogens is 366 g/mol. The third kappa shape index (κ3) is 2.55. The first-order chi connectivity index (χ1) is 14.0. The third-order valence-electron chi connectivity index (χ3n) is 6.63. The lowest BCUT2D eigenvalue weighted by molar-refractivity contribution is -0.135. The van der Waals surface area contributed by atoms with Crippen LogP contribution in [0.5, 0.6) is 0 Å². The predicted octanol–water partition coefficient (Wildman–Crippen LogP) is 3.16. The van der Waals surface area contributed by atoms with Crippen molar-refractivity contribution in [1.82, 2.24) is 4.90 Å². The molecule has 3 aliphatic heterocycles. The predicted molar refractivity (Wildman–Crippen MR) is 110 cm³/mol. The van der Waals surface area contributed by atoms with Crippen molar-refractivity contribution in [3.63, 3.8) is 0 Å². The van der Waals surface area contributed by atoms with Gasteiger partial charge >= 0.3 is 0 Å². The van der Waals surface area contributed by atoms with Gasteiger partial charge in [0.1, 0.15) is 5.54 Å². The Morgan fingerprint density at radius 2 is 2.00 bits per heavy atom. The molecule has 0 aliphatic carbocycles.